The van der Waals surface area contributed by atoms with Crippen molar-refractivity contribution in [1.29, 1.82) is 0 Å². The first-order valence-electron chi connectivity index (χ1n) is 11.8. The van der Waals surface area contributed by atoms with E-state index >= 15 is 0 Å². The molecule has 0 spiro atoms. The largest absolute Gasteiger partial charge is 0.481 e. The van der Waals surface area contributed by atoms with Crippen molar-refractivity contribution in [3.05, 3.63) is 65.2 Å². The predicted octanol–water partition coefficient (Wildman–Crippen LogP) is 4.69. The molecule has 2 aliphatic carbocycles. The van der Waals surface area contributed by atoms with Crippen molar-refractivity contribution in [2.45, 2.75) is 63.1 Å². The number of amides is 2. The SMILES string of the molecule is O=C(O)CCC(=O)N(C1CC1)C1c2ccccc2N(C(=O)c2cc(F)cc(F)c2)C2CCCC21. The Bertz CT molecular complexity index is 1130. The molecular weight excluding hydrogens is 442 g/mol. The van der Waals surface area contributed by atoms with Gasteiger partial charge in [0.05, 0.1) is 12.5 Å². The molecule has 0 aromatic heterocycles. The molecule has 34 heavy (non-hydrogen) atoms. The van der Waals surface area contributed by atoms with Gasteiger partial charge in [-0.3, -0.25) is 14.4 Å². The zero-order chi connectivity index (χ0) is 24.0. The van der Waals surface area contributed by atoms with E-state index in [1.165, 1.54) is 0 Å². The molecule has 3 atom stereocenters. The highest BCUT2D eigenvalue weighted by atomic mass is 19.1. The first-order valence-corrected chi connectivity index (χ1v) is 11.8. The average Bonchev–Trinajstić information content (AvgIpc) is 3.52. The molecule has 0 saturated heterocycles. The summed E-state index contributed by atoms with van der Waals surface area (Å²) < 4.78 is 27.8. The number of hydrogen-bond acceptors (Lipinski definition) is 3. The smallest absolute Gasteiger partial charge is 0.303 e. The minimum absolute atomic E-state index is 0.0355. The number of carboxylic acid groups (broad SMARTS) is 1. The van der Waals surface area contributed by atoms with Gasteiger partial charge in [-0.1, -0.05) is 24.6 Å². The van der Waals surface area contributed by atoms with E-state index in [4.69, 9.17) is 5.11 Å². The van der Waals surface area contributed by atoms with Gasteiger partial charge in [0.2, 0.25) is 5.91 Å². The average molecular weight is 469 g/mol. The predicted molar refractivity (Wildman–Crippen MR) is 120 cm³/mol. The number of carboxylic acids is 1. The summed E-state index contributed by atoms with van der Waals surface area (Å²) in [6.45, 7) is 0. The van der Waals surface area contributed by atoms with Crippen molar-refractivity contribution < 1.29 is 28.3 Å². The molecule has 8 heteroatoms. The van der Waals surface area contributed by atoms with E-state index in [9.17, 15) is 23.2 Å². The lowest BCUT2D eigenvalue weighted by Gasteiger charge is -2.48. The Labute approximate surface area is 196 Å². The maximum Gasteiger partial charge on any atom is 0.303 e. The fourth-order valence-electron chi connectivity index (χ4n) is 5.74. The third-order valence-corrected chi connectivity index (χ3v) is 7.19. The number of nitrogens with zero attached hydrogens (tertiary/aromatic N) is 2. The number of hydrogen-bond donors (Lipinski definition) is 1. The first-order chi connectivity index (χ1) is 16.3. The van der Waals surface area contributed by atoms with Crippen molar-refractivity contribution in [3.63, 3.8) is 0 Å². The molecule has 3 aliphatic rings. The highest BCUT2D eigenvalue weighted by molar-refractivity contribution is 6.07. The van der Waals surface area contributed by atoms with Crippen molar-refractivity contribution >= 4 is 23.5 Å². The molecule has 3 unspecified atom stereocenters. The minimum atomic E-state index is -1.01. The summed E-state index contributed by atoms with van der Waals surface area (Å²) in [6.07, 6.45) is 3.86. The van der Waals surface area contributed by atoms with Crippen LogP contribution in [0.25, 0.3) is 0 Å². The maximum absolute atomic E-state index is 13.9. The van der Waals surface area contributed by atoms with E-state index in [1.807, 2.05) is 29.2 Å². The topological polar surface area (TPSA) is 77.9 Å². The van der Waals surface area contributed by atoms with Crippen LogP contribution in [0.1, 0.15) is 66.9 Å². The molecule has 2 saturated carbocycles. The van der Waals surface area contributed by atoms with Crippen LogP contribution in [0.5, 0.6) is 0 Å². The summed E-state index contributed by atoms with van der Waals surface area (Å²) in [4.78, 5) is 41.5. The fraction of sp³-hybridized carbons (Fsp3) is 0.423. The zero-order valence-electron chi connectivity index (χ0n) is 18.6. The number of benzene rings is 2. The molecular formula is C26H26F2N2O4. The molecule has 2 fully saturated rings. The summed E-state index contributed by atoms with van der Waals surface area (Å²) in [5.74, 6) is -3.30. The number of fused-ring (bicyclic) bond motifs is 2. The molecule has 6 nitrogen and oxygen atoms in total. The number of rotatable bonds is 6. The molecule has 0 radical (unpaired) electrons. The van der Waals surface area contributed by atoms with E-state index in [0.29, 0.717) is 5.69 Å². The van der Waals surface area contributed by atoms with E-state index in [-0.39, 0.29) is 48.4 Å². The Morgan fingerprint density at radius 3 is 2.35 bits per heavy atom. The molecule has 0 bridgehead atoms. The molecule has 2 aromatic rings. The zero-order valence-corrected chi connectivity index (χ0v) is 18.6. The van der Waals surface area contributed by atoms with Crippen molar-refractivity contribution in [1.82, 2.24) is 4.90 Å². The lowest BCUT2D eigenvalue weighted by Crippen LogP contribution is -2.53. The van der Waals surface area contributed by atoms with Crippen LogP contribution in [-0.4, -0.2) is 39.9 Å². The van der Waals surface area contributed by atoms with E-state index < -0.39 is 23.5 Å². The number of halogens is 2. The van der Waals surface area contributed by atoms with Gasteiger partial charge in [-0.05, 0) is 49.4 Å². The van der Waals surface area contributed by atoms with Crippen LogP contribution in [0.2, 0.25) is 0 Å². The van der Waals surface area contributed by atoms with Crippen LogP contribution >= 0.6 is 0 Å². The van der Waals surface area contributed by atoms with Crippen LogP contribution in [0.4, 0.5) is 14.5 Å². The number of anilines is 1. The second-order valence-electron chi connectivity index (χ2n) is 9.42. The third kappa shape index (κ3) is 4.06. The molecule has 178 valence electrons. The van der Waals surface area contributed by atoms with Crippen LogP contribution in [0.15, 0.2) is 42.5 Å². The second-order valence-corrected chi connectivity index (χ2v) is 9.42. The Hall–Kier alpha value is -3.29. The van der Waals surface area contributed by atoms with Gasteiger partial charge in [0.25, 0.3) is 5.91 Å². The van der Waals surface area contributed by atoms with E-state index in [2.05, 4.69) is 0 Å². The second kappa shape index (κ2) is 8.81. The number of para-hydroxylation sites is 1. The fourth-order valence-corrected chi connectivity index (χ4v) is 5.74. The molecule has 1 heterocycles. The Morgan fingerprint density at radius 1 is 0.971 bits per heavy atom. The van der Waals surface area contributed by atoms with Crippen LogP contribution in [-0.2, 0) is 9.59 Å². The van der Waals surface area contributed by atoms with Gasteiger partial charge >= 0.3 is 5.97 Å². The first kappa shape index (κ1) is 22.5. The molecule has 2 amide bonds. The Kier molecular flexibility index (Phi) is 5.83. The lowest BCUT2D eigenvalue weighted by molar-refractivity contribution is -0.142. The summed E-state index contributed by atoms with van der Waals surface area (Å²) in [5.41, 5.74) is 1.42. The van der Waals surface area contributed by atoms with E-state index in [1.54, 1.807) is 4.90 Å². The molecule has 1 N–H and O–H groups in total. The van der Waals surface area contributed by atoms with Crippen LogP contribution in [0.3, 0.4) is 0 Å². The maximum atomic E-state index is 13.9. The van der Waals surface area contributed by atoms with Gasteiger partial charge in [0, 0.05) is 41.7 Å². The van der Waals surface area contributed by atoms with Gasteiger partial charge < -0.3 is 14.9 Å². The van der Waals surface area contributed by atoms with Gasteiger partial charge in [0.15, 0.2) is 0 Å². The van der Waals surface area contributed by atoms with Gasteiger partial charge in [-0.15, -0.1) is 0 Å². The number of aliphatic carboxylic acids is 1. The van der Waals surface area contributed by atoms with E-state index in [0.717, 1.165) is 55.9 Å². The highest BCUT2D eigenvalue weighted by Gasteiger charge is 2.51. The lowest BCUT2D eigenvalue weighted by atomic mass is 9.81. The van der Waals surface area contributed by atoms with Crippen molar-refractivity contribution in [2.24, 2.45) is 5.92 Å². The summed E-state index contributed by atoms with van der Waals surface area (Å²) in [6, 6.07) is 9.83. The number of carbonyl (C=O) groups excluding carboxylic acids is 2. The number of carbonyl (C=O) groups is 3. The van der Waals surface area contributed by atoms with Gasteiger partial charge in [-0.2, -0.15) is 0 Å². The summed E-state index contributed by atoms with van der Waals surface area (Å²) in [7, 11) is 0. The Balaban J connectivity index is 1.57. The van der Waals surface area contributed by atoms with Crippen LogP contribution < -0.4 is 4.90 Å². The quantitative estimate of drug-likeness (QED) is 0.667. The van der Waals surface area contributed by atoms with Crippen molar-refractivity contribution in [2.75, 3.05) is 4.90 Å². The third-order valence-electron chi connectivity index (χ3n) is 7.19. The Morgan fingerprint density at radius 2 is 1.68 bits per heavy atom. The highest BCUT2D eigenvalue weighted by Crippen LogP contribution is 2.52. The molecule has 1 aliphatic heterocycles. The van der Waals surface area contributed by atoms with Gasteiger partial charge in [0.1, 0.15) is 11.6 Å². The standard InChI is InChI=1S/C26H26F2N2O4/c27-16-12-15(13-17(28)14-16)26(34)30-21-6-2-1-4-19(21)25(20-5-3-7-22(20)30)29(18-8-9-18)23(31)10-11-24(32)33/h1-2,4,6,12-14,18,20,22,25H,3,5,7-11H2,(H,32,33). The summed E-state index contributed by atoms with van der Waals surface area (Å²) in [5, 5.41) is 9.09. The van der Waals surface area contributed by atoms with Crippen molar-refractivity contribution in [3.8, 4) is 0 Å². The molecule has 2 aromatic carbocycles. The monoisotopic (exact) mass is 468 g/mol. The summed E-state index contributed by atoms with van der Waals surface area (Å²) >= 11 is 0. The minimum Gasteiger partial charge on any atom is -0.481 e. The molecule has 5 rings (SSSR count). The normalized spacial score (nSPS) is 23.2. The van der Waals surface area contributed by atoms with Gasteiger partial charge in [-0.25, -0.2) is 8.78 Å². The van der Waals surface area contributed by atoms with Crippen LogP contribution in [0, 0.1) is 17.6 Å².